The predicted molar refractivity (Wildman–Crippen MR) is 67.7 cm³/mol. The van der Waals surface area contributed by atoms with Crippen molar-refractivity contribution in [3.05, 3.63) is 47.0 Å². The third-order valence-corrected chi connectivity index (χ3v) is 4.11. The van der Waals surface area contributed by atoms with Gasteiger partial charge in [0.1, 0.15) is 0 Å². The van der Waals surface area contributed by atoms with Crippen molar-refractivity contribution < 1.29 is 0 Å². The van der Waals surface area contributed by atoms with Crippen LogP contribution in [0, 0.1) is 0 Å². The fourth-order valence-electron chi connectivity index (χ4n) is 2.42. The van der Waals surface area contributed by atoms with Crippen molar-refractivity contribution >= 4 is 16.5 Å². The molecule has 82 valence electrons. The molecule has 16 heavy (non-hydrogen) atoms. The molecular weight excluding hydrogens is 216 g/mol. The second kappa shape index (κ2) is 3.91. The minimum Gasteiger partial charge on any atom is -0.375 e. The van der Waals surface area contributed by atoms with Gasteiger partial charge in [-0.1, -0.05) is 30.3 Å². The molecule has 2 atom stereocenters. The average molecular weight is 230 g/mol. The molecule has 1 heterocycles. The molecule has 1 saturated carbocycles. The van der Waals surface area contributed by atoms with Gasteiger partial charge in [0.25, 0.3) is 0 Å². The number of hydrogen-bond acceptors (Lipinski definition) is 3. The van der Waals surface area contributed by atoms with Crippen molar-refractivity contribution in [1.29, 1.82) is 0 Å². The van der Waals surface area contributed by atoms with Crippen LogP contribution in [0.15, 0.2) is 35.7 Å². The van der Waals surface area contributed by atoms with Gasteiger partial charge in [0.2, 0.25) is 0 Å². The van der Waals surface area contributed by atoms with Crippen LogP contribution < -0.4 is 5.73 Å². The zero-order valence-corrected chi connectivity index (χ0v) is 9.78. The molecule has 0 spiro atoms. The first-order valence-corrected chi connectivity index (χ1v) is 6.48. The van der Waals surface area contributed by atoms with Gasteiger partial charge in [0.05, 0.1) is 5.69 Å². The van der Waals surface area contributed by atoms with Crippen molar-refractivity contribution in [3.8, 4) is 0 Å². The number of aromatic nitrogens is 1. The van der Waals surface area contributed by atoms with E-state index >= 15 is 0 Å². The molecule has 0 saturated heterocycles. The summed E-state index contributed by atoms with van der Waals surface area (Å²) in [7, 11) is 0. The smallest absolute Gasteiger partial charge is 0.180 e. The van der Waals surface area contributed by atoms with Gasteiger partial charge in [-0.25, -0.2) is 4.98 Å². The van der Waals surface area contributed by atoms with E-state index in [0.29, 0.717) is 17.0 Å². The summed E-state index contributed by atoms with van der Waals surface area (Å²) in [6, 6.07) is 10.7. The summed E-state index contributed by atoms with van der Waals surface area (Å²) in [5.41, 5.74) is 8.31. The summed E-state index contributed by atoms with van der Waals surface area (Å²) < 4.78 is 0. The maximum Gasteiger partial charge on any atom is 0.180 e. The van der Waals surface area contributed by atoms with Crippen LogP contribution in [0.1, 0.15) is 35.9 Å². The molecule has 1 aromatic carbocycles. The van der Waals surface area contributed by atoms with Gasteiger partial charge in [-0.05, 0) is 24.3 Å². The monoisotopic (exact) mass is 230 g/mol. The SMILES string of the molecule is Nc1nc([C@H]2CC[C@@H]2c2ccccc2)cs1. The van der Waals surface area contributed by atoms with E-state index < -0.39 is 0 Å². The Morgan fingerprint density at radius 2 is 1.88 bits per heavy atom. The highest BCUT2D eigenvalue weighted by Gasteiger charge is 2.34. The number of thiazole rings is 1. The number of nitrogens with zero attached hydrogens (tertiary/aromatic N) is 1. The van der Waals surface area contributed by atoms with Gasteiger partial charge in [-0.2, -0.15) is 0 Å². The zero-order valence-electron chi connectivity index (χ0n) is 8.97. The Kier molecular flexibility index (Phi) is 2.40. The lowest BCUT2D eigenvalue weighted by molar-refractivity contribution is 0.341. The van der Waals surface area contributed by atoms with E-state index in [1.807, 2.05) is 0 Å². The summed E-state index contributed by atoms with van der Waals surface area (Å²) in [6.07, 6.45) is 2.51. The molecule has 2 nitrogen and oxygen atoms in total. The van der Waals surface area contributed by atoms with Crippen molar-refractivity contribution in [3.63, 3.8) is 0 Å². The maximum absolute atomic E-state index is 5.69. The Bertz CT molecular complexity index is 478. The molecule has 3 heteroatoms. The average Bonchev–Trinajstić information content (AvgIpc) is 2.65. The molecule has 2 N–H and O–H groups in total. The summed E-state index contributed by atoms with van der Waals surface area (Å²) >= 11 is 1.55. The van der Waals surface area contributed by atoms with Crippen LogP contribution in [-0.4, -0.2) is 4.98 Å². The molecular formula is C13H14N2S. The van der Waals surface area contributed by atoms with Gasteiger partial charge >= 0.3 is 0 Å². The summed E-state index contributed by atoms with van der Waals surface area (Å²) in [5, 5.41) is 2.79. The first kappa shape index (κ1) is 9.85. The standard InChI is InChI=1S/C13H14N2S/c14-13-15-12(8-16-13)11-7-6-10(11)9-4-2-1-3-5-9/h1-5,8,10-11H,6-7H2,(H2,14,15)/t10-,11+/m1/s1. The number of nitrogens with two attached hydrogens (primary N) is 1. The van der Waals surface area contributed by atoms with Crippen molar-refractivity contribution in [2.45, 2.75) is 24.7 Å². The lowest BCUT2D eigenvalue weighted by Gasteiger charge is -2.36. The third kappa shape index (κ3) is 1.61. The fraction of sp³-hybridized carbons (Fsp3) is 0.308. The Morgan fingerprint density at radius 3 is 2.44 bits per heavy atom. The van der Waals surface area contributed by atoms with Gasteiger partial charge in [0.15, 0.2) is 5.13 Å². The molecule has 0 bridgehead atoms. The molecule has 0 unspecified atom stereocenters. The van der Waals surface area contributed by atoms with E-state index in [1.54, 1.807) is 11.3 Å². The molecule has 1 fully saturated rings. The largest absolute Gasteiger partial charge is 0.375 e. The van der Waals surface area contributed by atoms with Crippen LogP contribution in [-0.2, 0) is 0 Å². The van der Waals surface area contributed by atoms with Crippen molar-refractivity contribution in [2.24, 2.45) is 0 Å². The quantitative estimate of drug-likeness (QED) is 0.859. The first-order chi connectivity index (χ1) is 7.84. The maximum atomic E-state index is 5.69. The summed E-state index contributed by atoms with van der Waals surface area (Å²) in [4.78, 5) is 4.40. The number of rotatable bonds is 2. The van der Waals surface area contributed by atoms with E-state index in [2.05, 4.69) is 40.7 Å². The van der Waals surface area contributed by atoms with Crippen LogP contribution in [0.4, 0.5) is 5.13 Å². The molecule has 1 aromatic heterocycles. The molecule has 0 amide bonds. The number of nitrogen functional groups attached to an aromatic ring is 1. The fourth-order valence-corrected chi connectivity index (χ4v) is 3.05. The highest BCUT2D eigenvalue weighted by Crippen LogP contribution is 2.49. The number of benzene rings is 1. The van der Waals surface area contributed by atoms with Crippen LogP contribution in [0.25, 0.3) is 0 Å². The van der Waals surface area contributed by atoms with Gasteiger partial charge in [-0.3, -0.25) is 0 Å². The van der Waals surface area contributed by atoms with E-state index in [9.17, 15) is 0 Å². The Hall–Kier alpha value is -1.35. The molecule has 2 aromatic rings. The molecule has 0 radical (unpaired) electrons. The molecule has 1 aliphatic carbocycles. The highest BCUT2D eigenvalue weighted by molar-refractivity contribution is 7.13. The van der Waals surface area contributed by atoms with Gasteiger partial charge in [-0.15, -0.1) is 11.3 Å². The topological polar surface area (TPSA) is 38.9 Å². The third-order valence-electron chi connectivity index (χ3n) is 3.42. The molecule has 1 aliphatic rings. The van der Waals surface area contributed by atoms with E-state index in [4.69, 9.17) is 5.73 Å². The number of anilines is 1. The highest BCUT2D eigenvalue weighted by atomic mass is 32.1. The van der Waals surface area contributed by atoms with E-state index in [-0.39, 0.29) is 0 Å². The second-order valence-corrected chi connectivity index (χ2v) is 5.20. The van der Waals surface area contributed by atoms with Crippen LogP contribution >= 0.6 is 11.3 Å². The van der Waals surface area contributed by atoms with Gasteiger partial charge < -0.3 is 5.73 Å². The van der Waals surface area contributed by atoms with Crippen LogP contribution in [0.5, 0.6) is 0 Å². The Balaban J connectivity index is 1.84. The van der Waals surface area contributed by atoms with E-state index in [0.717, 1.165) is 0 Å². The van der Waals surface area contributed by atoms with Crippen LogP contribution in [0.2, 0.25) is 0 Å². The summed E-state index contributed by atoms with van der Waals surface area (Å²) in [6.45, 7) is 0. The Morgan fingerprint density at radius 1 is 1.12 bits per heavy atom. The summed E-state index contributed by atoms with van der Waals surface area (Å²) in [5.74, 6) is 1.22. The predicted octanol–water partition coefficient (Wildman–Crippen LogP) is 3.39. The van der Waals surface area contributed by atoms with Gasteiger partial charge in [0, 0.05) is 11.3 Å². The first-order valence-electron chi connectivity index (χ1n) is 5.60. The minimum absolute atomic E-state index is 0.580. The molecule has 0 aliphatic heterocycles. The zero-order chi connectivity index (χ0) is 11.0. The lowest BCUT2D eigenvalue weighted by Crippen LogP contribution is -2.22. The Labute approximate surface area is 99.1 Å². The normalized spacial score (nSPS) is 24.0. The van der Waals surface area contributed by atoms with Crippen molar-refractivity contribution in [2.75, 3.05) is 5.73 Å². The number of hydrogen-bond donors (Lipinski definition) is 1. The van der Waals surface area contributed by atoms with Crippen LogP contribution in [0.3, 0.4) is 0 Å². The second-order valence-electron chi connectivity index (χ2n) is 4.31. The molecule has 3 rings (SSSR count). The van der Waals surface area contributed by atoms with Crippen molar-refractivity contribution in [1.82, 2.24) is 4.98 Å². The van der Waals surface area contributed by atoms with E-state index in [1.165, 1.54) is 24.1 Å². The lowest BCUT2D eigenvalue weighted by atomic mass is 9.69. The minimum atomic E-state index is 0.580.